The zero-order valence-electron chi connectivity index (χ0n) is 22.8. The van der Waals surface area contributed by atoms with E-state index in [9.17, 15) is 15.0 Å². The van der Waals surface area contributed by atoms with Crippen LogP contribution in [-0.4, -0.2) is 47.8 Å². The van der Waals surface area contributed by atoms with E-state index in [0.29, 0.717) is 24.0 Å². The van der Waals surface area contributed by atoms with Crippen molar-refractivity contribution < 1.29 is 19.7 Å². The van der Waals surface area contributed by atoms with Gasteiger partial charge in [0.25, 0.3) is 0 Å². The molecule has 2 unspecified atom stereocenters. The summed E-state index contributed by atoms with van der Waals surface area (Å²) in [5, 5.41) is 20.5. The minimum atomic E-state index is -0.716. The second kappa shape index (κ2) is 12.6. The molecule has 1 aliphatic heterocycles. The lowest BCUT2D eigenvalue weighted by molar-refractivity contribution is -0.146. The van der Waals surface area contributed by atoms with E-state index in [4.69, 9.17) is 4.74 Å². The summed E-state index contributed by atoms with van der Waals surface area (Å²) in [5.41, 5.74) is 3.64. The average Bonchev–Trinajstić information content (AvgIpc) is 2.95. The number of rotatable bonds is 10. The summed E-state index contributed by atoms with van der Waals surface area (Å²) in [6.07, 6.45) is 3.38. The summed E-state index contributed by atoms with van der Waals surface area (Å²) in [4.78, 5) is 14.6. The van der Waals surface area contributed by atoms with Gasteiger partial charge in [-0.15, -0.1) is 0 Å². The maximum Gasteiger partial charge on any atom is 0.315 e. The van der Waals surface area contributed by atoms with E-state index in [1.165, 1.54) is 18.2 Å². The largest absolute Gasteiger partial charge is 0.508 e. The van der Waals surface area contributed by atoms with Crippen molar-refractivity contribution in [2.45, 2.75) is 57.0 Å². The number of hydrogen-bond acceptors (Lipinski definition) is 5. The number of carbonyl (C=O) groups is 1. The fourth-order valence-electron chi connectivity index (χ4n) is 5.76. The molecule has 5 nitrogen and oxygen atoms in total. The van der Waals surface area contributed by atoms with Gasteiger partial charge >= 0.3 is 5.97 Å². The number of nitrogens with zero attached hydrogens (tertiary/aromatic N) is 1. The normalized spacial score (nSPS) is 16.6. The number of phenols is 1. The molecule has 4 rings (SSSR count). The van der Waals surface area contributed by atoms with Crippen LogP contribution in [0, 0.1) is 5.92 Å². The predicted molar refractivity (Wildman–Crippen MR) is 151 cm³/mol. The minimum absolute atomic E-state index is 0.271. The second-order valence-corrected chi connectivity index (χ2v) is 11.1. The number of likely N-dealkylation sites (tertiary alicyclic amines) is 1. The number of aromatic hydroxyl groups is 1. The van der Waals surface area contributed by atoms with Gasteiger partial charge in [0, 0.05) is 5.92 Å². The highest BCUT2D eigenvalue weighted by molar-refractivity contribution is 5.82. The fraction of sp³-hybridized carbons (Fsp3) is 0.424. The van der Waals surface area contributed by atoms with E-state index >= 15 is 0 Å². The van der Waals surface area contributed by atoms with Crippen LogP contribution in [-0.2, 0) is 14.9 Å². The number of aliphatic hydroxyl groups is 1. The van der Waals surface area contributed by atoms with E-state index in [0.717, 1.165) is 50.0 Å². The Hall–Kier alpha value is -3.15. The molecule has 0 bridgehead atoms. The van der Waals surface area contributed by atoms with Crippen molar-refractivity contribution in [2.24, 2.45) is 5.92 Å². The molecule has 1 saturated heterocycles. The third-order valence-corrected chi connectivity index (χ3v) is 8.18. The van der Waals surface area contributed by atoms with Crippen molar-refractivity contribution in [1.82, 2.24) is 4.90 Å². The van der Waals surface area contributed by atoms with E-state index in [1.54, 1.807) is 12.1 Å². The van der Waals surface area contributed by atoms with Crippen molar-refractivity contribution in [1.29, 1.82) is 0 Å². The molecule has 0 radical (unpaired) electrons. The van der Waals surface area contributed by atoms with E-state index in [-0.39, 0.29) is 5.97 Å². The standard InChI is InChI=1S/C33H41NO4/c1-33(2,32(37)38-3)28-15-11-24(12-16-28)30(36)10-7-21-34-22-19-27(20-23-34)31(25-8-5-4-6-9-25)26-13-17-29(35)18-14-26/h4-6,8-9,11-18,27,30-31,35-36H,7,10,19-23H2,1-3H3. The molecule has 5 heteroatoms. The van der Waals surface area contributed by atoms with Crippen LogP contribution >= 0.6 is 0 Å². The maximum atomic E-state index is 12.1. The molecule has 3 aromatic carbocycles. The highest BCUT2D eigenvalue weighted by atomic mass is 16.5. The maximum absolute atomic E-state index is 12.1. The monoisotopic (exact) mass is 515 g/mol. The molecule has 202 valence electrons. The number of carbonyl (C=O) groups excluding carboxylic acids is 1. The number of methoxy groups -OCH3 is 1. The first-order valence-electron chi connectivity index (χ1n) is 13.7. The average molecular weight is 516 g/mol. The van der Waals surface area contributed by atoms with Crippen LogP contribution in [0.15, 0.2) is 78.9 Å². The topological polar surface area (TPSA) is 70.0 Å². The molecular formula is C33H41NO4. The van der Waals surface area contributed by atoms with Crippen molar-refractivity contribution >= 4 is 5.97 Å². The molecule has 2 N–H and O–H groups in total. The highest BCUT2D eigenvalue weighted by Gasteiger charge is 2.31. The lowest BCUT2D eigenvalue weighted by Gasteiger charge is -2.37. The molecule has 3 aromatic rings. The van der Waals surface area contributed by atoms with Gasteiger partial charge in [-0.1, -0.05) is 66.7 Å². The van der Waals surface area contributed by atoms with Crippen molar-refractivity contribution in [3.63, 3.8) is 0 Å². The van der Waals surface area contributed by atoms with Crippen molar-refractivity contribution in [2.75, 3.05) is 26.7 Å². The van der Waals surface area contributed by atoms with E-state index in [1.807, 2.05) is 38.1 Å². The summed E-state index contributed by atoms with van der Waals surface area (Å²) in [6.45, 7) is 6.78. The third kappa shape index (κ3) is 6.64. The molecule has 1 aliphatic rings. The van der Waals surface area contributed by atoms with Gasteiger partial charge in [0.1, 0.15) is 5.75 Å². The number of esters is 1. The van der Waals surface area contributed by atoms with Gasteiger partial charge < -0.3 is 19.8 Å². The number of aliphatic hydroxyl groups excluding tert-OH is 1. The van der Waals surface area contributed by atoms with Crippen molar-refractivity contribution in [3.8, 4) is 5.75 Å². The molecule has 0 spiro atoms. The van der Waals surface area contributed by atoms with Crippen LogP contribution in [0.2, 0.25) is 0 Å². The van der Waals surface area contributed by atoms with Crippen LogP contribution < -0.4 is 0 Å². The third-order valence-electron chi connectivity index (χ3n) is 8.18. The molecule has 1 heterocycles. The van der Waals surface area contributed by atoms with Crippen LogP contribution in [0.4, 0.5) is 0 Å². The summed E-state index contributed by atoms with van der Waals surface area (Å²) in [6, 6.07) is 26.1. The highest BCUT2D eigenvalue weighted by Crippen LogP contribution is 2.38. The van der Waals surface area contributed by atoms with Crippen LogP contribution in [0.5, 0.6) is 5.75 Å². The van der Waals surface area contributed by atoms with Crippen LogP contribution in [0.1, 0.15) is 73.8 Å². The number of ether oxygens (including phenoxy) is 1. The zero-order chi connectivity index (χ0) is 27.1. The number of piperidine rings is 1. The quantitative estimate of drug-likeness (QED) is 0.315. The Morgan fingerprint density at radius 1 is 0.921 bits per heavy atom. The number of benzene rings is 3. The zero-order valence-corrected chi connectivity index (χ0v) is 22.8. The van der Waals surface area contributed by atoms with Gasteiger partial charge in [-0.3, -0.25) is 4.79 Å². The summed E-state index contributed by atoms with van der Waals surface area (Å²) >= 11 is 0. The lowest BCUT2D eigenvalue weighted by atomic mass is 9.76. The molecule has 0 amide bonds. The van der Waals surface area contributed by atoms with Gasteiger partial charge in [0.05, 0.1) is 18.6 Å². The Morgan fingerprint density at radius 2 is 1.50 bits per heavy atom. The molecule has 0 saturated carbocycles. The fourth-order valence-corrected chi connectivity index (χ4v) is 5.76. The molecular weight excluding hydrogens is 474 g/mol. The summed E-state index contributed by atoms with van der Waals surface area (Å²) in [7, 11) is 1.40. The van der Waals surface area contributed by atoms with Gasteiger partial charge in [-0.2, -0.15) is 0 Å². The summed E-state index contributed by atoms with van der Waals surface area (Å²) < 4.78 is 4.92. The van der Waals surface area contributed by atoms with E-state index < -0.39 is 11.5 Å². The first-order chi connectivity index (χ1) is 18.3. The Balaban J connectivity index is 1.28. The minimum Gasteiger partial charge on any atom is -0.508 e. The number of phenolic OH excluding ortho intramolecular Hbond substituents is 1. The SMILES string of the molecule is COC(=O)C(C)(C)c1ccc(C(O)CCCN2CCC(C(c3ccccc3)c3ccc(O)cc3)CC2)cc1. The van der Waals surface area contributed by atoms with Crippen LogP contribution in [0.25, 0.3) is 0 Å². The summed E-state index contributed by atoms with van der Waals surface area (Å²) in [5.74, 6) is 0.913. The Morgan fingerprint density at radius 3 is 2.11 bits per heavy atom. The van der Waals surface area contributed by atoms with Gasteiger partial charge in [-0.05, 0) is 99.5 Å². The molecule has 0 aliphatic carbocycles. The van der Waals surface area contributed by atoms with Gasteiger partial charge in [-0.25, -0.2) is 0 Å². The first kappa shape index (κ1) is 27.9. The molecule has 38 heavy (non-hydrogen) atoms. The van der Waals surface area contributed by atoms with Crippen molar-refractivity contribution in [3.05, 3.63) is 101 Å². The van der Waals surface area contributed by atoms with Gasteiger partial charge in [0.15, 0.2) is 0 Å². The van der Waals surface area contributed by atoms with Gasteiger partial charge in [0.2, 0.25) is 0 Å². The lowest BCUT2D eigenvalue weighted by Crippen LogP contribution is -2.36. The Bertz CT molecular complexity index is 1150. The predicted octanol–water partition coefficient (Wildman–Crippen LogP) is 6.20. The van der Waals surface area contributed by atoms with Crippen LogP contribution in [0.3, 0.4) is 0 Å². The number of hydrogen-bond donors (Lipinski definition) is 2. The smallest absolute Gasteiger partial charge is 0.315 e. The first-order valence-corrected chi connectivity index (χ1v) is 13.7. The van der Waals surface area contributed by atoms with E-state index in [2.05, 4.69) is 47.4 Å². The molecule has 2 atom stereocenters. The second-order valence-electron chi connectivity index (χ2n) is 11.1. The Labute approximate surface area is 227 Å². The Kier molecular flexibility index (Phi) is 9.24. The molecule has 0 aromatic heterocycles. The molecule has 1 fully saturated rings.